The van der Waals surface area contributed by atoms with Crippen LogP contribution in [0, 0.1) is 0 Å². The zero-order valence-electron chi connectivity index (χ0n) is 19.6. The van der Waals surface area contributed by atoms with Gasteiger partial charge in [0.15, 0.2) is 15.5 Å². The number of hydrogen-bond donors (Lipinski definition) is 2. The Morgan fingerprint density at radius 2 is 2.17 bits per heavy atom. The van der Waals surface area contributed by atoms with E-state index >= 15 is 0 Å². The first-order valence-corrected chi connectivity index (χ1v) is 12.6. The first-order chi connectivity index (χ1) is 16.7. The minimum Gasteiger partial charge on any atom is -0.481 e. The minimum absolute atomic E-state index is 0.0626. The Kier molecular flexibility index (Phi) is 5.74. The van der Waals surface area contributed by atoms with E-state index in [1.54, 1.807) is 24.1 Å². The van der Waals surface area contributed by atoms with Crippen molar-refractivity contribution in [3.05, 3.63) is 47.8 Å². The van der Waals surface area contributed by atoms with Gasteiger partial charge in [-0.25, -0.2) is 23.8 Å². The summed E-state index contributed by atoms with van der Waals surface area (Å²) >= 11 is 0. The molecule has 0 saturated carbocycles. The lowest BCUT2D eigenvalue weighted by Gasteiger charge is -2.25. The van der Waals surface area contributed by atoms with Gasteiger partial charge in [-0.15, -0.1) is 4.36 Å². The molecule has 3 N–H and O–H groups in total. The van der Waals surface area contributed by atoms with Gasteiger partial charge in [-0.3, -0.25) is 0 Å². The van der Waals surface area contributed by atoms with Crippen LogP contribution in [-0.4, -0.2) is 51.4 Å². The number of hydrogen-bond acceptors (Lipinski definition) is 7. The number of ether oxygens (including phenoxy) is 3. The van der Waals surface area contributed by atoms with E-state index in [1.165, 1.54) is 13.3 Å². The van der Waals surface area contributed by atoms with Crippen LogP contribution < -0.4 is 19.9 Å². The summed E-state index contributed by atoms with van der Waals surface area (Å²) in [6.45, 7) is 2.55. The van der Waals surface area contributed by atoms with Crippen molar-refractivity contribution in [2.24, 2.45) is 9.50 Å². The number of fused-ring (bicyclic) bond motifs is 2. The standard InChI is InChI=1S/C23H26N6O5S/c1-23(13-32-2)12-29-21(34-23)18(11-26-29)35(24,31)28-22(30)27-20-16-6-4-14(16)5-7-17(20)15-8-9-25-19(10-15)33-3/h5,7-11H,4,6,12-13H2,1-3H3,(H3,24,27,28,30,31). The van der Waals surface area contributed by atoms with E-state index in [1.807, 2.05) is 25.1 Å². The van der Waals surface area contributed by atoms with Gasteiger partial charge in [0.2, 0.25) is 11.8 Å². The third kappa shape index (κ3) is 4.24. The summed E-state index contributed by atoms with van der Waals surface area (Å²) < 4.78 is 35.1. The van der Waals surface area contributed by atoms with Crippen molar-refractivity contribution in [2.75, 3.05) is 26.1 Å². The summed E-state index contributed by atoms with van der Waals surface area (Å²) in [6, 6.07) is 6.75. The number of urea groups is 1. The maximum Gasteiger partial charge on any atom is 0.354 e. The van der Waals surface area contributed by atoms with Gasteiger partial charge in [-0.05, 0) is 42.5 Å². The molecule has 0 spiro atoms. The lowest BCUT2D eigenvalue weighted by Crippen LogP contribution is -2.36. The molecule has 3 aromatic rings. The molecule has 2 aromatic heterocycles. The molecule has 0 fully saturated rings. The van der Waals surface area contributed by atoms with Crippen LogP contribution in [0.2, 0.25) is 0 Å². The highest BCUT2D eigenvalue weighted by molar-refractivity contribution is 7.91. The topological polar surface area (TPSA) is 143 Å². The Morgan fingerprint density at radius 1 is 1.34 bits per heavy atom. The van der Waals surface area contributed by atoms with Crippen molar-refractivity contribution in [3.63, 3.8) is 0 Å². The van der Waals surface area contributed by atoms with Crippen LogP contribution in [0.1, 0.15) is 18.1 Å². The number of nitrogens with two attached hydrogens (primary N) is 1. The van der Waals surface area contributed by atoms with Crippen LogP contribution in [0.4, 0.5) is 10.5 Å². The zero-order chi connectivity index (χ0) is 24.8. The zero-order valence-corrected chi connectivity index (χ0v) is 20.4. The van der Waals surface area contributed by atoms with Gasteiger partial charge in [0, 0.05) is 24.9 Å². The molecule has 0 radical (unpaired) electrons. The lowest BCUT2D eigenvalue weighted by atomic mass is 9.84. The number of nitrogens with one attached hydrogen (secondary N) is 1. The molecule has 1 aromatic carbocycles. The number of benzene rings is 1. The molecule has 11 nitrogen and oxygen atoms in total. The molecule has 184 valence electrons. The van der Waals surface area contributed by atoms with Crippen molar-refractivity contribution >= 4 is 21.6 Å². The third-order valence-electron chi connectivity index (χ3n) is 6.11. The quantitative estimate of drug-likeness (QED) is 0.532. The van der Waals surface area contributed by atoms with E-state index in [9.17, 15) is 9.00 Å². The Morgan fingerprint density at radius 3 is 2.89 bits per heavy atom. The van der Waals surface area contributed by atoms with Gasteiger partial charge in [0.25, 0.3) is 0 Å². The molecule has 2 unspecified atom stereocenters. The van der Waals surface area contributed by atoms with E-state index in [0.29, 0.717) is 24.7 Å². The smallest absolute Gasteiger partial charge is 0.354 e. The van der Waals surface area contributed by atoms with E-state index in [4.69, 9.17) is 19.3 Å². The van der Waals surface area contributed by atoms with Crippen LogP contribution >= 0.6 is 0 Å². The molecular weight excluding hydrogens is 472 g/mol. The first-order valence-electron chi connectivity index (χ1n) is 11.0. The highest BCUT2D eigenvalue weighted by Crippen LogP contribution is 2.39. The van der Waals surface area contributed by atoms with E-state index in [-0.39, 0.29) is 10.8 Å². The molecule has 35 heavy (non-hydrogen) atoms. The maximum absolute atomic E-state index is 13.3. The molecule has 0 bridgehead atoms. The van der Waals surface area contributed by atoms with Crippen molar-refractivity contribution in [1.29, 1.82) is 0 Å². The fourth-order valence-corrected chi connectivity index (χ4v) is 5.39. The number of anilines is 1. The molecule has 3 heterocycles. The highest BCUT2D eigenvalue weighted by atomic mass is 32.2. The second-order valence-electron chi connectivity index (χ2n) is 8.76. The number of aromatic nitrogens is 3. The number of nitrogens with zero attached hydrogens (tertiary/aromatic N) is 4. The third-order valence-corrected chi connectivity index (χ3v) is 7.46. The second-order valence-corrected chi connectivity index (χ2v) is 10.5. The molecule has 5 rings (SSSR count). The van der Waals surface area contributed by atoms with Crippen molar-refractivity contribution in [1.82, 2.24) is 14.8 Å². The normalized spacial score (nSPS) is 19.5. The van der Waals surface area contributed by atoms with Crippen molar-refractivity contribution in [3.8, 4) is 22.9 Å². The summed E-state index contributed by atoms with van der Waals surface area (Å²) in [7, 11) is -0.530. The number of rotatable bonds is 6. The summed E-state index contributed by atoms with van der Waals surface area (Å²) in [5, 5.41) is 13.1. The van der Waals surface area contributed by atoms with Gasteiger partial charge < -0.3 is 19.5 Å². The number of aryl methyl sites for hydroxylation is 1. The highest BCUT2D eigenvalue weighted by Gasteiger charge is 2.39. The van der Waals surface area contributed by atoms with E-state index < -0.39 is 21.5 Å². The summed E-state index contributed by atoms with van der Waals surface area (Å²) in [5.74, 6) is 0.676. The molecule has 2 amide bonds. The Hall–Kier alpha value is -3.48. The number of amides is 2. The number of carbonyl (C=O) groups excluding carboxylic acids is 1. The molecule has 0 saturated heterocycles. The molecule has 1 aliphatic heterocycles. The Labute approximate surface area is 202 Å². The predicted molar refractivity (Wildman–Crippen MR) is 129 cm³/mol. The van der Waals surface area contributed by atoms with Crippen molar-refractivity contribution in [2.45, 2.75) is 36.8 Å². The first kappa shape index (κ1) is 23.3. The SMILES string of the molecule is COCC1(C)Cn2ncc(S(N)(=O)=NC(=O)Nc3c(-c4ccnc(OC)c4)ccc4c3CC4)c2O1. The van der Waals surface area contributed by atoms with Crippen LogP contribution in [0.3, 0.4) is 0 Å². The summed E-state index contributed by atoms with van der Waals surface area (Å²) in [4.78, 5) is 17.2. The second kappa shape index (κ2) is 8.63. The van der Waals surface area contributed by atoms with Crippen LogP contribution in [-0.2, 0) is 34.0 Å². The van der Waals surface area contributed by atoms with Crippen LogP contribution in [0.5, 0.6) is 11.8 Å². The van der Waals surface area contributed by atoms with Gasteiger partial charge in [-0.2, -0.15) is 5.10 Å². The van der Waals surface area contributed by atoms with Crippen LogP contribution in [0.25, 0.3) is 11.1 Å². The van der Waals surface area contributed by atoms with Gasteiger partial charge in [0.1, 0.15) is 4.90 Å². The fourth-order valence-electron chi connectivity index (χ4n) is 4.40. The molecule has 2 atom stereocenters. The minimum atomic E-state index is -3.64. The monoisotopic (exact) mass is 498 g/mol. The number of methoxy groups -OCH3 is 2. The van der Waals surface area contributed by atoms with Crippen molar-refractivity contribution < 1.29 is 23.2 Å². The summed E-state index contributed by atoms with van der Waals surface area (Å²) in [5.41, 5.74) is 3.67. The average Bonchev–Trinajstić information content (AvgIpc) is 3.31. The number of carbonyl (C=O) groups is 1. The Balaban J connectivity index is 1.47. The van der Waals surface area contributed by atoms with Gasteiger partial charge in [0.05, 0.1) is 32.1 Å². The fraction of sp³-hybridized carbons (Fsp3) is 0.348. The molecule has 2 aliphatic rings. The molecular formula is C23H26N6O5S. The summed E-state index contributed by atoms with van der Waals surface area (Å²) in [6.07, 6.45) is 4.68. The van der Waals surface area contributed by atoms with Gasteiger partial charge >= 0.3 is 6.03 Å². The largest absolute Gasteiger partial charge is 0.481 e. The van der Waals surface area contributed by atoms with E-state index in [0.717, 1.165) is 35.1 Å². The predicted octanol–water partition coefficient (Wildman–Crippen LogP) is 2.78. The van der Waals surface area contributed by atoms with E-state index in [2.05, 4.69) is 19.8 Å². The maximum atomic E-state index is 13.3. The lowest BCUT2D eigenvalue weighted by molar-refractivity contribution is 0.0165. The number of pyridine rings is 1. The molecule has 12 heteroatoms. The van der Waals surface area contributed by atoms with Crippen LogP contribution in [0.15, 0.2) is 45.9 Å². The average molecular weight is 499 g/mol. The Bertz CT molecular complexity index is 1440. The molecule has 1 aliphatic carbocycles. The van der Waals surface area contributed by atoms with Gasteiger partial charge in [-0.1, -0.05) is 12.1 Å².